The fourth-order valence-electron chi connectivity index (χ4n) is 1.07. The van der Waals surface area contributed by atoms with Gasteiger partial charge in [-0.05, 0) is 24.3 Å². The van der Waals surface area contributed by atoms with Gasteiger partial charge in [0, 0.05) is 10.6 Å². The van der Waals surface area contributed by atoms with Gasteiger partial charge in [-0.2, -0.15) is 0 Å². The normalized spacial score (nSPS) is 11.8. The number of hydrogen-bond acceptors (Lipinski definition) is 4. The number of esters is 1. The van der Waals surface area contributed by atoms with Crippen molar-refractivity contribution >= 4 is 23.6 Å². The first kappa shape index (κ1) is 13.1. The van der Waals surface area contributed by atoms with Crippen molar-refractivity contribution in [2.24, 2.45) is 16.2 Å². The molecule has 0 aliphatic rings. The molecular weight excluding hydrogens is 249 g/mol. The van der Waals surface area contributed by atoms with Crippen LogP contribution in [0, 0.1) is 5.82 Å². The molecule has 0 radical (unpaired) electrons. The number of rotatable bonds is 3. The lowest BCUT2D eigenvalue weighted by molar-refractivity contribution is -0.136. The molecule has 0 aliphatic carbocycles. The van der Waals surface area contributed by atoms with Gasteiger partial charge in [0.05, 0.1) is 7.11 Å². The van der Waals surface area contributed by atoms with Gasteiger partial charge in [-0.15, -0.1) is 5.11 Å². The van der Waals surface area contributed by atoms with E-state index in [4.69, 9.17) is 17.4 Å². The zero-order valence-electron chi connectivity index (χ0n) is 8.85. The number of nitrogens with two attached hydrogens (primary N) is 1. The number of hydrogen-bond donors (Lipinski definition) is 1. The molecule has 0 aliphatic heterocycles. The first-order valence-electron chi connectivity index (χ1n) is 4.44. The van der Waals surface area contributed by atoms with E-state index in [-0.39, 0.29) is 11.3 Å². The highest BCUT2D eigenvalue weighted by molar-refractivity contribution is 6.30. The Hall–Kier alpha value is -1.95. The topological polar surface area (TPSA) is 77.0 Å². The molecule has 1 rings (SSSR count). The Bertz CT molecular complexity index is 488. The van der Waals surface area contributed by atoms with E-state index in [1.807, 2.05) is 0 Å². The molecule has 90 valence electrons. The fraction of sp³-hybridized carbons (Fsp3) is 0.100. The second-order valence-electron chi connectivity index (χ2n) is 2.90. The Morgan fingerprint density at radius 1 is 1.59 bits per heavy atom. The molecule has 17 heavy (non-hydrogen) atoms. The minimum Gasteiger partial charge on any atom is -0.464 e. The number of ether oxygens (including phenoxy) is 1. The molecule has 0 amide bonds. The summed E-state index contributed by atoms with van der Waals surface area (Å²) < 4.78 is 17.8. The van der Waals surface area contributed by atoms with Gasteiger partial charge in [0.1, 0.15) is 5.82 Å². The van der Waals surface area contributed by atoms with Crippen molar-refractivity contribution in [2.45, 2.75) is 0 Å². The number of halogens is 2. The van der Waals surface area contributed by atoms with Gasteiger partial charge in [-0.25, -0.2) is 9.18 Å². The predicted octanol–water partition coefficient (Wildman–Crippen LogP) is 2.32. The predicted molar refractivity (Wildman–Crippen MR) is 60.4 cm³/mol. The number of benzene rings is 1. The summed E-state index contributed by atoms with van der Waals surface area (Å²) in [5.74, 6) is 3.50. The van der Waals surface area contributed by atoms with Crippen molar-refractivity contribution in [3.8, 4) is 0 Å². The van der Waals surface area contributed by atoms with Gasteiger partial charge < -0.3 is 10.6 Å². The Morgan fingerprint density at radius 2 is 2.29 bits per heavy atom. The lowest BCUT2D eigenvalue weighted by Crippen LogP contribution is -2.03. The van der Waals surface area contributed by atoms with Crippen molar-refractivity contribution in [2.75, 3.05) is 7.11 Å². The molecule has 0 bridgehead atoms. The van der Waals surface area contributed by atoms with E-state index in [0.717, 1.165) is 13.2 Å². The standard InChI is InChI=1S/C10H9ClFN3O2/c1-17-10(16)9(14-15-13)5-6-4-7(11)2-3-8(6)12/h2-5H,1H3,(H2,13,14)/b9-5-. The van der Waals surface area contributed by atoms with Gasteiger partial charge in [0.2, 0.25) is 0 Å². The van der Waals surface area contributed by atoms with Crippen LogP contribution < -0.4 is 5.84 Å². The van der Waals surface area contributed by atoms with E-state index in [0.29, 0.717) is 5.02 Å². The average Bonchev–Trinajstić information content (AvgIpc) is 2.32. The van der Waals surface area contributed by atoms with Crippen LogP contribution in [0.5, 0.6) is 0 Å². The molecule has 0 spiro atoms. The van der Waals surface area contributed by atoms with Gasteiger partial charge in [0.25, 0.3) is 0 Å². The number of methoxy groups -OCH3 is 1. The molecular formula is C10H9ClFN3O2. The minimum atomic E-state index is -0.779. The van der Waals surface area contributed by atoms with E-state index in [2.05, 4.69) is 15.1 Å². The van der Waals surface area contributed by atoms with Crippen LogP contribution in [-0.4, -0.2) is 13.1 Å². The molecule has 0 saturated heterocycles. The Balaban J connectivity index is 3.21. The zero-order valence-corrected chi connectivity index (χ0v) is 9.61. The smallest absolute Gasteiger partial charge is 0.358 e. The second kappa shape index (κ2) is 5.95. The highest BCUT2D eigenvalue weighted by Crippen LogP contribution is 2.18. The molecule has 5 nitrogen and oxygen atoms in total. The fourth-order valence-corrected chi connectivity index (χ4v) is 1.25. The molecule has 0 saturated carbocycles. The van der Waals surface area contributed by atoms with Crippen molar-refractivity contribution in [3.63, 3.8) is 0 Å². The van der Waals surface area contributed by atoms with Crippen LogP contribution in [0.3, 0.4) is 0 Å². The lowest BCUT2D eigenvalue weighted by Gasteiger charge is -2.00. The van der Waals surface area contributed by atoms with Gasteiger partial charge in [0.15, 0.2) is 5.70 Å². The third kappa shape index (κ3) is 3.53. The second-order valence-corrected chi connectivity index (χ2v) is 3.34. The average molecular weight is 258 g/mol. The third-order valence-corrected chi connectivity index (χ3v) is 2.05. The summed E-state index contributed by atoms with van der Waals surface area (Å²) >= 11 is 5.70. The molecule has 0 unspecified atom stereocenters. The van der Waals surface area contributed by atoms with Gasteiger partial charge in [-0.3, -0.25) is 0 Å². The summed E-state index contributed by atoms with van der Waals surface area (Å²) in [6.07, 6.45) is 1.14. The maximum Gasteiger partial charge on any atom is 0.358 e. The third-order valence-electron chi connectivity index (χ3n) is 1.81. The molecule has 0 atom stereocenters. The molecule has 1 aromatic rings. The summed E-state index contributed by atoms with van der Waals surface area (Å²) in [6, 6.07) is 3.89. The summed E-state index contributed by atoms with van der Waals surface area (Å²) in [7, 11) is 1.16. The SMILES string of the molecule is COC(=O)/C(=C/c1cc(Cl)ccc1F)N=NN. The number of nitrogens with zero attached hydrogens (tertiary/aromatic N) is 2. The minimum absolute atomic E-state index is 0.0882. The molecule has 0 heterocycles. The van der Waals surface area contributed by atoms with Crippen LogP contribution >= 0.6 is 11.6 Å². The molecule has 0 aromatic heterocycles. The number of carbonyl (C=O) groups excluding carboxylic acids is 1. The Morgan fingerprint density at radius 3 is 2.88 bits per heavy atom. The van der Waals surface area contributed by atoms with Crippen LogP contribution in [0.4, 0.5) is 4.39 Å². The first-order chi connectivity index (χ1) is 8.08. The monoisotopic (exact) mass is 257 g/mol. The summed E-state index contributed by atoms with van der Waals surface area (Å²) in [4.78, 5) is 11.2. The van der Waals surface area contributed by atoms with Crippen LogP contribution in [0.2, 0.25) is 5.02 Å². The summed E-state index contributed by atoms with van der Waals surface area (Å²) in [5.41, 5.74) is -0.138. The maximum atomic E-state index is 13.4. The van der Waals surface area contributed by atoms with Crippen molar-refractivity contribution < 1.29 is 13.9 Å². The van der Waals surface area contributed by atoms with E-state index >= 15 is 0 Å². The largest absolute Gasteiger partial charge is 0.464 e. The molecule has 2 N–H and O–H groups in total. The van der Waals surface area contributed by atoms with Gasteiger partial charge >= 0.3 is 5.97 Å². The van der Waals surface area contributed by atoms with Crippen LogP contribution in [0.1, 0.15) is 5.56 Å². The van der Waals surface area contributed by atoms with Crippen molar-refractivity contribution in [1.82, 2.24) is 0 Å². The molecule has 1 aromatic carbocycles. The first-order valence-corrected chi connectivity index (χ1v) is 4.82. The maximum absolute atomic E-state index is 13.4. The molecule has 7 heteroatoms. The molecule has 0 fully saturated rings. The van der Waals surface area contributed by atoms with Crippen molar-refractivity contribution in [1.29, 1.82) is 0 Å². The van der Waals surface area contributed by atoms with Crippen LogP contribution in [0.25, 0.3) is 6.08 Å². The van der Waals surface area contributed by atoms with E-state index in [9.17, 15) is 9.18 Å². The quantitative estimate of drug-likeness (QED) is 0.297. The highest BCUT2D eigenvalue weighted by atomic mass is 35.5. The summed E-state index contributed by atoms with van der Waals surface area (Å²) in [5, 5.41) is 6.62. The van der Waals surface area contributed by atoms with Crippen molar-refractivity contribution in [3.05, 3.63) is 40.3 Å². The highest BCUT2D eigenvalue weighted by Gasteiger charge is 2.11. The van der Waals surface area contributed by atoms with E-state index in [1.165, 1.54) is 18.2 Å². The van der Waals surface area contributed by atoms with Gasteiger partial charge in [-0.1, -0.05) is 16.8 Å². The lowest BCUT2D eigenvalue weighted by atomic mass is 10.2. The zero-order chi connectivity index (χ0) is 12.8. The van der Waals surface area contributed by atoms with E-state index in [1.54, 1.807) is 0 Å². The summed E-state index contributed by atoms with van der Waals surface area (Å²) in [6.45, 7) is 0. The Labute approximate surface area is 102 Å². The van der Waals surface area contributed by atoms with Crippen LogP contribution in [0.15, 0.2) is 34.2 Å². The Kier molecular flexibility index (Phi) is 4.59. The van der Waals surface area contributed by atoms with Crippen LogP contribution in [-0.2, 0) is 9.53 Å². The number of carbonyl (C=O) groups is 1. The van der Waals surface area contributed by atoms with E-state index < -0.39 is 11.8 Å².